The standard InChI is InChI=1S/C31H37N3O3/c1-3-4-5-13-30(35)33(2)23-24-9-8-10-26(22-24)25-14-16-27(17-15-25)32-29-12-7-6-11-28(29)31(36)34-18-20-37-21-19-34/h6-12,14-17,22,32H,3-5,13,18-21,23H2,1-2H3. The van der Waals surface area contributed by atoms with Crippen LogP contribution in [0.4, 0.5) is 11.4 Å². The maximum absolute atomic E-state index is 13.1. The Hall–Kier alpha value is -3.64. The molecule has 3 aromatic carbocycles. The number of rotatable bonds is 10. The predicted molar refractivity (Wildman–Crippen MR) is 149 cm³/mol. The average Bonchev–Trinajstić information content (AvgIpc) is 2.94. The van der Waals surface area contributed by atoms with E-state index in [1.807, 2.05) is 59.3 Å². The Balaban J connectivity index is 1.42. The number of amides is 2. The molecular formula is C31H37N3O3. The lowest BCUT2D eigenvalue weighted by Crippen LogP contribution is -2.40. The van der Waals surface area contributed by atoms with Crippen LogP contribution in [-0.4, -0.2) is 55.0 Å². The van der Waals surface area contributed by atoms with E-state index < -0.39 is 0 Å². The van der Waals surface area contributed by atoms with Gasteiger partial charge in [0.1, 0.15) is 0 Å². The highest BCUT2D eigenvalue weighted by Gasteiger charge is 2.21. The number of para-hydroxylation sites is 1. The van der Waals surface area contributed by atoms with Crippen molar-refractivity contribution in [1.29, 1.82) is 0 Å². The molecule has 37 heavy (non-hydrogen) atoms. The normalized spacial score (nSPS) is 13.3. The van der Waals surface area contributed by atoms with Crippen LogP contribution in [0.25, 0.3) is 11.1 Å². The summed E-state index contributed by atoms with van der Waals surface area (Å²) in [6, 6.07) is 24.2. The minimum Gasteiger partial charge on any atom is -0.378 e. The molecule has 0 saturated carbocycles. The van der Waals surface area contributed by atoms with Crippen LogP contribution in [0.15, 0.2) is 72.8 Å². The molecule has 6 heteroatoms. The van der Waals surface area contributed by atoms with Crippen molar-refractivity contribution >= 4 is 23.2 Å². The summed E-state index contributed by atoms with van der Waals surface area (Å²) in [5, 5.41) is 3.42. The van der Waals surface area contributed by atoms with Crippen molar-refractivity contribution in [3.05, 3.63) is 83.9 Å². The molecular weight excluding hydrogens is 462 g/mol. The molecule has 0 radical (unpaired) electrons. The molecule has 6 nitrogen and oxygen atoms in total. The molecule has 1 aliphatic rings. The van der Waals surface area contributed by atoms with Gasteiger partial charge in [-0.1, -0.05) is 62.2 Å². The quantitative estimate of drug-likeness (QED) is 0.342. The molecule has 4 rings (SSSR count). The number of benzene rings is 3. The van der Waals surface area contributed by atoms with Gasteiger partial charge in [0.15, 0.2) is 0 Å². The first kappa shape index (κ1) is 26.4. The zero-order valence-corrected chi connectivity index (χ0v) is 21.9. The topological polar surface area (TPSA) is 61.9 Å². The summed E-state index contributed by atoms with van der Waals surface area (Å²) in [6.45, 7) is 5.14. The first-order valence-corrected chi connectivity index (χ1v) is 13.2. The van der Waals surface area contributed by atoms with Crippen LogP contribution >= 0.6 is 0 Å². The number of hydrogen-bond acceptors (Lipinski definition) is 4. The van der Waals surface area contributed by atoms with Crippen molar-refractivity contribution in [3.63, 3.8) is 0 Å². The Morgan fingerprint density at radius 3 is 2.43 bits per heavy atom. The summed E-state index contributed by atoms with van der Waals surface area (Å²) >= 11 is 0. The summed E-state index contributed by atoms with van der Waals surface area (Å²) < 4.78 is 5.39. The first-order valence-electron chi connectivity index (χ1n) is 13.2. The van der Waals surface area contributed by atoms with Gasteiger partial charge in [-0.15, -0.1) is 0 Å². The van der Waals surface area contributed by atoms with Gasteiger partial charge in [-0.2, -0.15) is 0 Å². The monoisotopic (exact) mass is 499 g/mol. The minimum atomic E-state index is 0.0219. The predicted octanol–water partition coefficient (Wildman–Crippen LogP) is 6.11. The van der Waals surface area contributed by atoms with E-state index in [2.05, 4.69) is 42.6 Å². The lowest BCUT2D eigenvalue weighted by Gasteiger charge is -2.27. The summed E-state index contributed by atoms with van der Waals surface area (Å²) in [5.74, 6) is 0.218. The minimum absolute atomic E-state index is 0.0219. The Bertz CT molecular complexity index is 1190. The summed E-state index contributed by atoms with van der Waals surface area (Å²) in [6.07, 6.45) is 3.77. The van der Waals surface area contributed by atoms with E-state index in [0.29, 0.717) is 44.8 Å². The average molecular weight is 500 g/mol. The number of nitrogens with zero attached hydrogens (tertiary/aromatic N) is 2. The number of ether oxygens (including phenoxy) is 1. The molecule has 2 amide bonds. The second-order valence-corrected chi connectivity index (χ2v) is 9.56. The van der Waals surface area contributed by atoms with E-state index in [9.17, 15) is 9.59 Å². The fraction of sp³-hybridized carbons (Fsp3) is 0.355. The smallest absolute Gasteiger partial charge is 0.256 e. The molecule has 3 aromatic rings. The van der Waals surface area contributed by atoms with Gasteiger partial charge in [-0.25, -0.2) is 0 Å². The second-order valence-electron chi connectivity index (χ2n) is 9.56. The lowest BCUT2D eigenvalue weighted by molar-refractivity contribution is -0.130. The van der Waals surface area contributed by atoms with Gasteiger partial charge in [0.2, 0.25) is 5.91 Å². The number of hydrogen-bond donors (Lipinski definition) is 1. The van der Waals surface area contributed by atoms with Crippen molar-refractivity contribution in [3.8, 4) is 11.1 Å². The highest BCUT2D eigenvalue weighted by atomic mass is 16.5. The number of nitrogens with one attached hydrogen (secondary N) is 1. The van der Waals surface area contributed by atoms with Gasteiger partial charge in [-0.05, 0) is 53.4 Å². The number of carbonyl (C=O) groups excluding carboxylic acids is 2. The van der Waals surface area contributed by atoms with E-state index in [1.165, 1.54) is 0 Å². The van der Waals surface area contributed by atoms with Crippen LogP contribution in [0.5, 0.6) is 0 Å². The van der Waals surface area contributed by atoms with E-state index >= 15 is 0 Å². The Kier molecular flexibility index (Phi) is 9.33. The van der Waals surface area contributed by atoms with Gasteiger partial charge in [0.25, 0.3) is 5.91 Å². The third-order valence-electron chi connectivity index (χ3n) is 6.72. The Morgan fingerprint density at radius 1 is 0.919 bits per heavy atom. The van der Waals surface area contributed by atoms with Crippen LogP contribution in [-0.2, 0) is 16.1 Å². The van der Waals surface area contributed by atoms with E-state index in [1.54, 1.807) is 0 Å². The number of morpholine rings is 1. The van der Waals surface area contributed by atoms with Crippen LogP contribution in [0.1, 0.15) is 48.5 Å². The van der Waals surface area contributed by atoms with Crippen molar-refractivity contribution < 1.29 is 14.3 Å². The molecule has 1 heterocycles. The van der Waals surface area contributed by atoms with Crippen LogP contribution in [0, 0.1) is 0 Å². The van der Waals surface area contributed by atoms with Gasteiger partial charge in [-0.3, -0.25) is 9.59 Å². The summed E-state index contributed by atoms with van der Waals surface area (Å²) in [5.41, 5.74) is 5.69. The fourth-order valence-electron chi connectivity index (χ4n) is 4.55. The maximum atomic E-state index is 13.1. The molecule has 0 unspecified atom stereocenters. The number of carbonyl (C=O) groups is 2. The maximum Gasteiger partial charge on any atom is 0.256 e. The molecule has 1 fully saturated rings. The van der Waals surface area contributed by atoms with Gasteiger partial charge in [0, 0.05) is 38.8 Å². The van der Waals surface area contributed by atoms with Gasteiger partial charge >= 0.3 is 0 Å². The van der Waals surface area contributed by atoms with E-state index in [0.717, 1.165) is 47.3 Å². The largest absolute Gasteiger partial charge is 0.378 e. The van der Waals surface area contributed by atoms with Gasteiger partial charge in [0.05, 0.1) is 24.5 Å². The van der Waals surface area contributed by atoms with Crippen LogP contribution < -0.4 is 5.32 Å². The number of unbranched alkanes of at least 4 members (excludes halogenated alkanes) is 2. The fourth-order valence-corrected chi connectivity index (χ4v) is 4.55. The summed E-state index contributed by atoms with van der Waals surface area (Å²) in [4.78, 5) is 29.1. The molecule has 1 saturated heterocycles. The zero-order valence-electron chi connectivity index (χ0n) is 21.9. The van der Waals surface area contributed by atoms with Crippen molar-refractivity contribution in [2.75, 3.05) is 38.7 Å². The Morgan fingerprint density at radius 2 is 1.68 bits per heavy atom. The molecule has 1 aliphatic heterocycles. The highest BCUT2D eigenvalue weighted by molar-refractivity contribution is 6.00. The van der Waals surface area contributed by atoms with Crippen molar-refractivity contribution in [1.82, 2.24) is 9.80 Å². The van der Waals surface area contributed by atoms with Crippen LogP contribution in [0.2, 0.25) is 0 Å². The number of anilines is 2. The molecule has 0 aliphatic carbocycles. The molecule has 0 atom stereocenters. The third-order valence-corrected chi connectivity index (χ3v) is 6.72. The molecule has 194 valence electrons. The van der Waals surface area contributed by atoms with Gasteiger partial charge < -0.3 is 19.9 Å². The van der Waals surface area contributed by atoms with Crippen molar-refractivity contribution in [2.24, 2.45) is 0 Å². The lowest BCUT2D eigenvalue weighted by atomic mass is 10.0. The Labute approximate surface area is 220 Å². The first-order chi connectivity index (χ1) is 18.0. The second kappa shape index (κ2) is 13.1. The third kappa shape index (κ3) is 7.20. The summed E-state index contributed by atoms with van der Waals surface area (Å²) in [7, 11) is 1.88. The van der Waals surface area contributed by atoms with Crippen LogP contribution in [0.3, 0.4) is 0 Å². The SMILES string of the molecule is CCCCCC(=O)N(C)Cc1cccc(-c2ccc(Nc3ccccc3C(=O)N3CCOCC3)cc2)c1. The van der Waals surface area contributed by atoms with Crippen molar-refractivity contribution in [2.45, 2.75) is 39.2 Å². The molecule has 1 N–H and O–H groups in total. The zero-order chi connectivity index (χ0) is 26.0. The van der Waals surface area contributed by atoms with E-state index in [4.69, 9.17) is 4.74 Å². The molecule has 0 spiro atoms. The molecule has 0 bridgehead atoms. The molecule has 0 aromatic heterocycles. The van der Waals surface area contributed by atoms with E-state index in [-0.39, 0.29) is 11.8 Å². The highest BCUT2D eigenvalue weighted by Crippen LogP contribution is 2.26.